The first kappa shape index (κ1) is 19.2. The Balaban J connectivity index is 2.65. The van der Waals surface area contributed by atoms with Crippen LogP contribution in [0.15, 0.2) is 23.1 Å². The minimum atomic E-state index is -1.09. The van der Waals surface area contributed by atoms with E-state index in [0.29, 0.717) is 6.42 Å². The number of hydrogen-bond donors (Lipinski definition) is 2. The molecule has 0 aliphatic heterocycles. The van der Waals surface area contributed by atoms with E-state index in [1.807, 2.05) is 6.92 Å². The number of carboxylic acids is 1. The van der Waals surface area contributed by atoms with Crippen LogP contribution in [0.1, 0.15) is 37.6 Å². The predicted octanol–water partition coefficient (Wildman–Crippen LogP) is 2.74. The molecule has 0 aromatic heterocycles. The molecule has 7 heteroatoms. The smallest absolute Gasteiger partial charge is 0.326 e. The number of halogens is 1. The Morgan fingerprint density at radius 2 is 2.00 bits per heavy atom. The minimum absolute atomic E-state index is 0.101. The van der Waals surface area contributed by atoms with E-state index in [2.05, 4.69) is 5.32 Å². The molecule has 0 radical (unpaired) electrons. The summed E-state index contributed by atoms with van der Waals surface area (Å²) in [6, 6.07) is 3.10. The van der Waals surface area contributed by atoms with Gasteiger partial charge in [0.25, 0.3) is 0 Å². The zero-order chi connectivity index (χ0) is 17.6. The van der Waals surface area contributed by atoms with Crippen molar-refractivity contribution < 1.29 is 23.9 Å². The molecular weight excluding hydrogens is 321 g/mol. The molecule has 23 heavy (non-hydrogen) atoms. The lowest BCUT2D eigenvalue weighted by Gasteiger charge is -2.20. The van der Waals surface area contributed by atoms with Crippen LogP contribution in [0.2, 0.25) is 0 Å². The first-order chi connectivity index (χ1) is 10.8. The molecule has 0 heterocycles. The van der Waals surface area contributed by atoms with Gasteiger partial charge >= 0.3 is 5.97 Å². The number of ketones is 1. The van der Waals surface area contributed by atoms with Gasteiger partial charge in [-0.05, 0) is 25.0 Å². The van der Waals surface area contributed by atoms with E-state index in [4.69, 9.17) is 5.11 Å². The van der Waals surface area contributed by atoms with Gasteiger partial charge < -0.3 is 10.4 Å². The average molecular weight is 341 g/mol. The third kappa shape index (κ3) is 5.67. The number of amides is 1. The number of carbonyl (C=O) groups excluding carboxylic acids is 2. The van der Waals surface area contributed by atoms with Gasteiger partial charge in [0.1, 0.15) is 11.9 Å². The van der Waals surface area contributed by atoms with Gasteiger partial charge in [-0.25, -0.2) is 9.18 Å². The van der Waals surface area contributed by atoms with E-state index in [1.54, 1.807) is 6.92 Å². The molecule has 1 amide bonds. The van der Waals surface area contributed by atoms with E-state index < -0.39 is 23.7 Å². The lowest BCUT2D eigenvalue weighted by molar-refractivity contribution is -0.143. The fourth-order valence-electron chi connectivity index (χ4n) is 1.88. The van der Waals surface area contributed by atoms with Gasteiger partial charge in [-0.3, -0.25) is 9.59 Å². The third-order valence-electron chi connectivity index (χ3n) is 3.49. The third-order valence-corrected chi connectivity index (χ3v) is 4.54. The summed E-state index contributed by atoms with van der Waals surface area (Å²) in [5.41, 5.74) is 0.263. The van der Waals surface area contributed by atoms with Crippen LogP contribution < -0.4 is 5.32 Å². The van der Waals surface area contributed by atoms with Crippen LogP contribution in [-0.2, 0) is 9.59 Å². The van der Waals surface area contributed by atoms with Crippen molar-refractivity contribution in [3.63, 3.8) is 0 Å². The Bertz CT molecular complexity index is 606. The molecule has 0 aliphatic carbocycles. The first-order valence-corrected chi connectivity index (χ1v) is 8.20. The van der Waals surface area contributed by atoms with Crippen LogP contribution in [0.5, 0.6) is 0 Å². The highest BCUT2D eigenvalue weighted by Crippen LogP contribution is 2.23. The molecule has 0 spiro atoms. The van der Waals surface area contributed by atoms with E-state index in [0.717, 1.165) is 17.8 Å². The van der Waals surface area contributed by atoms with Gasteiger partial charge in [-0.2, -0.15) is 0 Å². The maximum atomic E-state index is 13.8. The number of thioether (sulfide) groups is 1. The average Bonchev–Trinajstić information content (AvgIpc) is 2.50. The fourth-order valence-corrected chi connectivity index (χ4v) is 2.61. The van der Waals surface area contributed by atoms with E-state index in [1.165, 1.54) is 19.1 Å². The Kier molecular flexibility index (Phi) is 7.22. The van der Waals surface area contributed by atoms with Crippen LogP contribution in [0.3, 0.4) is 0 Å². The van der Waals surface area contributed by atoms with Crippen molar-refractivity contribution in [1.82, 2.24) is 5.32 Å². The van der Waals surface area contributed by atoms with Gasteiger partial charge in [-0.1, -0.05) is 26.3 Å². The van der Waals surface area contributed by atoms with Crippen molar-refractivity contribution in [2.24, 2.45) is 5.92 Å². The number of Topliss-reactive ketones (excluding diaryl/α,β-unsaturated/α-hetero) is 1. The summed E-state index contributed by atoms with van der Waals surface area (Å²) in [6.45, 7) is 4.93. The van der Waals surface area contributed by atoms with Crippen molar-refractivity contribution in [2.45, 2.75) is 38.1 Å². The SMILES string of the molecule is CC[C@@H](C)[C@H](NC(=O)CSc1ccc(C(C)=O)cc1F)C(=O)O. The van der Waals surface area contributed by atoms with Crippen LogP contribution >= 0.6 is 11.8 Å². The van der Waals surface area contributed by atoms with Crippen LogP contribution in [0.25, 0.3) is 0 Å². The standard InChI is InChI=1S/C16H20FNO4S/c1-4-9(2)15(16(21)22)18-14(20)8-23-13-6-5-11(10(3)19)7-12(13)17/h5-7,9,15H,4,8H2,1-3H3,(H,18,20)(H,21,22)/t9-,15+/m1/s1. The second-order valence-corrected chi connectivity index (χ2v) is 6.28. The quantitative estimate of drug-likeness (QED) is 0.561. The summed E-state index contributed by atoms with van der Waals surface area (Å²) >= 11 is 0.957. The number of hydrogen-bond acceptors (Lipinski definition) is 4. The second kappa shape index (κ2) is 8.67. The molecule has 1 rings (SSSR count). The van der Waals surface area contributed by atoms with Crippen LogP contribution in [0, 0.1) is 11.7 Å². The lowest BCUT2D eigenvalue weighted by atomic mass is 9.99. The van der Waals surface area contributed by atoms with Gasteiger partial charge in [0, 0.05) is 10.5 Å². The monoisotopic (exact) mass is 341 g/mol. The number of aliphatic carboxylic acids is 1. The van der Waals surface area contributed by atoms with Crippen molar-refractivity contribution in [2.75, 3.05) is 5.75 Å². The number of carbonyl (C=O) groups is 3. The highest BCUT2D eigenvalue weighted by Gasteiger charge is 2.25. The molecule has 2 N–H and O–H groups in total. The summed E-state index contributed by atoms with van der Waals surface area (Å²) in [7, 11) is 0. The highest BCUT2D eigenvalue weighted by molar-refractivity contribution is 8.00. The van der Waals surface area contributed by atoms with E-state index in [-0.39, 0.29) is 27.9 Å². The topological polar surface area (TPSA) is 83.5 Å². The van der Waals surface area contributed by atoms with Crippen molar-refractivity contribution in [3.8, 4) is 0 Å². The maximum absolute atomic E-state index is 13.8. The molecule has 1 aromatic rings. The molecular formula is C16H20FNO4S. The molecule has 0 saturated heterocycles. The summed E-state index contributed by atoms with van der Waals surface area (Å²) < 4.78 is 13.8. The number of rotatable bonds is 8. The normalized spacial score (nSPS) is 13.2. The largest absolute Gasteiger partial charge is 0.480 e. The summed E-state index contributed by atoms with van der Waals surface area (Å²) in [5, 5.41) is 11.6. The molecule has 126 valence electrons. The summed E-state index contributed by atoms with van der Waals surface area (Å²) in [6.07, 6.45) is 0.617. The zero-order valence-electron chi connectivity index (χ0n) is 13.3. The Morgan fingerprint density at radius 3 is 2.48 bits per heavy atom. The Hall–Kier alpha value is -1.89. The highest BCUT2D eigenvalue weighted by atomic mass is 32.2. The van der Waals surface area contributed by atoms with Crippen molar-refractivity contribution in [3.05, 3.63) is 29.6 Å². The van der Waals surface area contributed by atoms with Crippen LogP contribution in [0.4, 0.5) is 4.39 Å². The fraction of sp³-hybridized carbons (Fsp3) is 0.438. The lowest BCUT2D eigenvalue weighted by Crippen LogP contribution is -2.45. The van der Waals surface area contributed by atoms with E-state index >= 15 is 0 Å². The molecule has 0 aliphatic rings. The molecule has 0 saturated carbocycles. The molecule has 0 unspecified atom stereocenters. The van der Waals surface area contributed by atoms with Gasteiger partial charge in [0.15, 0.2) is 5.78 Å². The first-order valence-electron chi connectivity index (χ1n) is 7.21. The Morgan fingerprint density at radius 1 is 1.35 bits per heavy atom. The molecule has 0 fully saturated rings. The number of benzene rings is 1. The van der Waals surface area contributed by atoms with E-state index in [9.17, 15) is 18.8 Å². The molecule has 0 bridgehead atoms. The molecule has 5 nitrogen and oxygen atoms in total. The number of carboxylic acid groups (broad SMARTS) is 1. The van der Waals surface area contributed by atoms with Gasteiger partial charge in [0.2, 0.25) is 5.91 Å². The zero-order valence-corrected chi connectivity index (χ0v) is 14.1. The van der Waals surface area contributed by atoms with Crippen LogP contribution in [-0.4, -0.2) is 34.6 Å². The Labute approximate surface area is 138 Å². The minimum Gasteiger partial charge on any atom is -0.480 e. The summed E-state index contributed by atoms with van der Waals surface area (Å²) in [4.78, 5) is 34.4. The van der Waals surface area contributed by atoms with Gasteiger partial charge in [-0.15, -0.1) is 11.8 Å². The molecule has 2 atom stereocenters. The second-order valence-electron chi connectivity index (χ2n) is 5.26. The predicted molar refractivity (Wildman–Crippen MR) is 86.2 cm³/mol. The number of nitrogens with one attached hydrogen (secondary N) is 1. The van der Waals surface area contributed by atoms with Crippen molar-refractivity contribution in [1.29, 1.82) is 0 Å². The summed E-state index contributed by atoms with van der Waals surface area (Å²) in [5.74, 6) is -2.68. The van der Waals surface area contributed by atoms with Gasteiger partial charge in [0.05, 0.1) is 5.75 Å². The molecule has 1 aromatic carbocycles. The van der Waals surface area contributed by atoms with Crippen molar-refractivity contribution >= 4 is 29.4 Å². The maximum Gasteiger partial charge on any atom is 0.326 e.